The molecule has 0 aliphatic carbocycles. The Hall–Kier alpha value is -2.38. The Morgan fingerprint density at radius 1 is 1.00 bits per heavy atom. The molecule has 0 radical (unpaired) electrons. The van der Waals surface area contributed by atoms with E-state index in [1.54, 1.807) is 0 Å². The second-order valence-electron chi connectivity index (χ2n) is 6.65. The summed E-state index contributed by atoms with van der Waals surface area (Å²) in [6, 6.07) is 11.1. The van der Waals surface area contributed by atoms with Gasteiger partial charge >= 0.3 is 0 Å². The van der Waals surface area contributed by atoms with Crippen molar-refractivity contribution in [3.63, 3.8) is 0 Å². The third kappa shape index (κ3) is 4.14. The highest BCUT2D eigenvalue weighted by Crippen LogP contribution is 2.26. The Bertz CT molecular complexity index is 952. The van der Waals surface area contributed by atoms with Gasteiger partial charge in [0.25, 0.3) is 0 Å². The fourth-order valence-electron chi connectivity index (χ4n) is 3.24. The molecule has 0 bridgehead atoms. The zero-order valence-corrected chi connectivity index (χ0v) is 15.7. The summed E-state index contributed by atoms with van der Waals surface area (Å²) in [6.45, 7) is 1.84. The summed E-state index contributed by atoms with van der Waals surface area (Å²) in [5.74, 6) is -1.20. The van der Waals surface area contributed by atoms with Crippen molar-refractivity contribution < 1.29 is 22.4 Å². The fourth-order valence-corrected chi connectivity index (χ4v) is 4.76. The highest BCUT2D eigenvalue weighted by Gasteiger charge is 2.33. The molecule has 1 atom stereocenters. The first-order valence-electron chi connectivity index (χ1n) is 8.70. The summed E-state index contributed by atoms with van der Waals surface area (Å²) >= 11 is 0. The topological polar surface area (TPSA) is 71.5 Å². The van der Waals surface area contributed by atoms with Gasteiger partial charge in [-0.25, -0.2) is 12.8 Å². The summed E-state index contributed by atoms with van der Waals surface area (Å²) in [7, 11) is -3.75. The third-order valence-corrected chi connectivity index (χ3v) is 6.66. The number of sulfonamides is 1. The molecular formula is C20H20FNO4S. The number of hydrogen-bond donors (Lipinski definition) is 0. The van der Waals surface area contributed by atoms with Gasteiger partial charge in [-0.1, -0.05) is 12.1 Å². The van der Waals surface area contributed by atoms with Crippen molar-refractivity contribution in [1.82, 2.24) is 4.31 Å². The standard InChI is InChI=1S/C20H20FNO4S/c1-14(23)15-6-10-19(11-7-15)27(25,26)22-12-2-3-17(13-22)20(24)16-4-8-18(21)9-5-16/h4-11,17H,2-3,12-13H2,1H3. The van der Waals surface area contributed by atoms with E-state index in [4.69, 9.17) is 0 Å². The lowest BCUT2D eigenvalue weighted by Gasteiger charge is -2.31. The molecule has 0 spiro atoms. The predicted molar refractivity (Wildman–Crippen MR) is 98.7 cm³/mol. The second-order valence-corrected chi connectivity index (χ2v) is 8.59. The largest absolute Gasteiger partial charge is 0.295 e. The zero-order valence-electron chi connectivity index (χ0n) is 14.9. The molecule has 1 heterocycles. The number of carbonyl (C=O) groups excluding carboxylic acids is 2. The minimum atomic E-state index is -3.75. The first-order valence-corrected chi connectivity index (χ1v) is 10.1. The molecule has 142 valence electrons. The summed E-state index contributed by atoms with van der Waals surface area (Å²) in [5.41, 5.74) is 0.823. The van der Waals surface area contributed by atoms with E-state index < -0.39 is 21.8 Å². The van der Waals surface area contributed by atoms with Crippen molar-refractivity contribution in [2.45, 2.75) is 24.7 Å². The molecule has 1 aliphatic rings. The smallest absolute Gasteiger partial charge is 0.243 e. The maximum Gasteiger partial charge on any atom is 0.243 e. The molecule has 0 saturated carbocycles. The van der Waals surface area contributed by atoms with Gasteiger partial charge in [0.15, 0.2) is 11.6 Å². The summed E-state index contributed by atoms with van der Waals surface area (Å²) in [5, 5.41) is 0. The quantitative estimate of drug-likeness (QED) is 0.736. The predicted octanol–water partition coefficient (Wildman–Crippen LogP) is 3.31. The molecule has 0 N–H and O–H groups in total. The van der Waals surface area contributed by atoms with Crippen LogP contribution in [0.25, 0.3) is 0 Å². The van der Waals surface area contributed by atoms with Crippen LogP contribution in [-0.2, 0) is 10.0 Å². The first kappa shape index (κ1) is 19.4. The Balaban J connectivity index is 1.79. The van der Waals surface area contributed by atoms with Crippen molar-refractivity contribution in [1.29, 1.82) is 0 Å². The van der Waals surface area contributed by atoms with Crippen molar-refractivity contribution >= 4 is 21.6 Å². The average molecular weight is 389 g/mol. The van der Waals surface area contributed by atoms with Crippen LogP contribution in [0.1, 0.15) is 40.5 Å². The summed E-state index contributed by atoms with van der Waals surface area (Å²) in [6.07, 6.45) is 1.16. The van der Waals surface area contributed by atoms with Crippen LogP contribution in [0.5, 0.6) is 0 Å². The maximum absolute atomic E-state index is 13.1. The first-order chi connectivity index (χ1) is 12.8. The minimum Gasteiger partial charge on any atom is -0.295 e. The molecular weight excluding hydrogens is 369 g/mol. The van der Waals surface area contributed by atoms with Gasteiger partial charge in [0, 0.05) is 30.1 Å². The van der Waals surface area contributed by atoms with Gasteiger partial charge in [0.1, 0.15) is 5.82 Å². The van der Waals surface area contributed by atoms with Crippen LogP contribution < -0.4 is 0 Å². The van der Waals surface area contributed by atoms with Crippen LogP contribution in [0.3, 0.4) is 0 Å². The number of nitrogens with zero attached hydrogens (tertiary/aromatic N) is 1. The monoisotopic (exact) mass is 389 g/mol. The number of ketones is 2. The Kier molecular flexibility index (Phi) is 5.53. The third-order valence-electron chi connectivity index (χ3n) is 4.78. The van der Waals surface area contributed by atoms with Gasteiger partial charge in [0.05, 0.1) is 4.90 Å². The van der Waals surface area contributed by atoms with Crippen molar-refractivity contribution in [3.05, 3.63) is 65.5 Å². The van der Waals surface area contributed by atoms with Crippen LogP contribution >= 0.6 is 0 Å². The number of Topliss-reactive ketones (excluding diaryl/α,β-unsaturated/α-hetero) is 2. The Morgan fingerprint density at radius 2 is 1.59 bits per heavy atom. The van der Waals surface area contributed by atoms with Crippen LogP contribution in [0.2, 0.25) is 0 Å². The number of halogens is 1. The Morgan fingerprint density at radius 3 is 2.19 bits per heavy atom. The SMILES string of the molecule is CC(=O)c1ccc(S(=O)(=O)N2CCCC(C(=O)c3ccc(F)cc3)C2)cc1. The van der Waals surface area contributed by atoms with Gasteiger partial charge < -0.3 is 0 Å². The van der Waals surface area contributed by atoms with Crippen molar-refractivity contribution in [2.75, 3.05) is 13.1 Å². The number of benzene rings is 2. The van der Waals surface area contributed by atoms with E-state index >= 15 is 0 Å². The van der Waals surface area contributed by atoms with Crippen molar-refractivity contribution in [2.24, 2.45) is 5.92 Å². The zero-order chi connectivity index (χ0) is 19.6. The molecule has 1 saturated heterocycles. The Labute approximate surface area is 157 Å². The van der Waals surface area contributed by atoms with Crippen LogP contribution in [0.4, 0.5) is 4.39 Å². The lowest BCUT2D eigenvalue weighted by atomic mass is 9.91. The number of hydrogen-bond acceptors (Lipinski definition) is 4. The number of carbonyl (C=O) groups is 2. The van der Waals surface area contributed by atoms with Crippen molar-refractivity contribution in [3.8, 4) is 0 Å². The van der Waals surface area contributed by atoms with E-state index in [2.05, 4.69) is 0 Å². The average Bonchev–Trinajstić information content (AvgIpc) is 2.68. The molecule has 7 heteroatoms. The second kappa shape index (κ2) is 7.70. The van der Waals surface area contributed by atoms with E-state index in [1.165, 1.54) is 59.8 Å². The highest BCUT2D eigenvalue weighted by atomic mass is 32.2. The van der Waals surface area contributed by atoms with Crippen LogP contribution in [-0.4, -0.2) is 37.4 Å². The van der Waals surface area contributed by atoms with Gasteiger partial charge in [-0.2, -0.15) is 4.31 Å². The van der Waals surface area contributed by atoms with E-state index in [-0.39, 0.29) is 23.0 Å². The molecule has 1 fully saturated rings. The van der Waals surface area contributed by atoms with Crippen LogP contribution in [0, 0.1) is 11.7 Å². The number of piperidine rings is 1. The highest BCUT2D eigenvalue weighted by molar-refractivity contribution is 7.89. The lowest BCUT2D eigenvalue weighted by Crippen LogP contribution is -2.42. The fraction of sp³-hybridized carbons (Fsp3) is 0.300. The minimum absolute atomic E-state index is 0.0903. The van der Waals surface area contributed by atoms with E-state index in [0.717, 1.165) is 0 Å². The lowest BCUT2D eigenvalue weighted by molar-refractivity contribution is 0.0872. The van der Waals surface area contributed by atoms with Crippen LogP contribution in [0.15, 0.2) is 53.4 Å². The normalized spacial score (nSPS) is 18.2. The van der Waals surface area contributed by atoms with E-state index in [9.17, 15) is 22.4 Å². The molecule has 27 heavy (non-hydrogen) atoms. The van der Waals surface area contributed by atoms with E-state index in [0.29, 0.717) is 30.5 Å². The van der Waals surface area contributed by atoms with Gasteiger partial charge in [-0.05, 0) is 56.2 Å². The molecule has 5 nitrogen and oxygen atoms in total. The van der Waals surface area contributed by atoms with E-state index in [1.807, 2.05) is 0 Å². The molecule has 0 aromatic heterocycles. The summed E-state index contributed by atoms with van der Waals surface area (Å²) in [4.78, 5) is 24.1. The molecule has 2 aromatic carbocycles. The van der Waals surface area contributed by atoms with Gasteiger partial charge in [-0.15, -0.1) is 0 Å². The van der Waals surface area contributed by atoms with Gasteiger partial charge in [-0.3, -0.25) is 9.59 Å². The molecule has 1 unspecified atom stereocenters. The number of rotatable bonds is 5. The molecule has 1 aliphatic heterocycles. The molecule has 0 amide bonds. The summed E-state index contributed by atoms with van der Waals surface area (Å²) < 4.78 is 40.2. The molecule has 2 aromatic rings. The van der Waals surface area contributed by atoms with Gasteiger partial charge in [0.2, 0.25) is 10.0 Å². The molecule has 3 rings (SSSR count). The maximum atomic E-state index is 13.1.